The maximum absolute atomic E-state index is 11.7. The molecule has 1 aromatic heterocycles. The molecule has 0 spiro atoms. The minimum absolute atomic E-state index is 0.203. The molecule has 1 unspecified atom stereocenters. The largest absolute Gasteiger partial charge is 0.508 e. The van der Waals surface area contributed by atoms with E-state index in [1.807, 2.05) is 0 Å². The second-order valence-corrected chi connectivity index (χ2v) is 5.75. The first-order valence-electron chi connectivity index (χ1n) is 7.24. The number of phenolic OH excluding ortho intramolecular Hbond substituents is 1. The highest BCUT2D eigenvalue weighted by atomic mass is 16.4. The summed E-state index contributed by atoms with van der Waals surface area (Å²) in [7, 11) is 0. The smallest absolute Gasteiger partial charge is 0.336 e. The number of nitrogens with one attached hydrogen (secondary N) is 1. The van der Waals surface area contributed by atoms with Crippen LogP contribution in [0, 0.1) is 0 Å². The first-order chi connectivity index (χ1) is 9.63. The average molecular weight is 274 g/mol. The number of phenols is 1. The molecule has 4 nitrogen and oxygen atoms in total. The molecular formula is C16H20NO3+. The van der Waals surface area contributed by atoms with Crippen molar-refractivity contribution in [1.82, 2.24) is 0 Å². The van der Waals surface area contributed by atoms with E-state index in [2.05, 4.69) is 6.92 Å². The Labute approximate surface area is 117 Å². The molecule has 1 aliphatic heterocycles. The average Bonchev–Trinajstić information content (AvgIpc) is 2.42. The molecule has 0 bridgehead atoms. The highest BCUT2D eigenvalue weighted by molar-refractivity contribution is 5.81. The molecule has 2 N–H and O–H groups in total. The van der Waals surface area contributed by atoms with Gasteiger partial charge in [0.25, 0.3) is 0 Å². The lowest BCUT2D eigenvalue weighted by Crippen LogP contribution is -3.14. The van der Waals surface area contributed by atoms with Gasteiger partial charge in [-0.3, -0.25) is 0 Å². The summed E-state index contributed by atoms with van der Waals surface area (Å²) >= 11 is 0. The van der Waals surface area contributed by atoms with Crippen LogP contribution in [0.2, 0.25) is 0 Å². The van der Waals surface area contributed by atoms with Crippen molar-refractivity contribution >= 4 is 11.0 Å². The fourth-order valence-electron chi connectivity index (χ4n) is 3.12. The molecule has 1 saturated heterocycles. The van der Waals surface area contributed by atoms with Crippen LogP contribution in [0.1, 0.15) is 31.7 Å². The third kappa shape index (κ3) is 2.56. The lowest BCUT2D eigenvalue weighted by atomic mass is 10.0. The molecule has 106 valence electrons. The van der Waals surface area contributed by atoms with E-state index >= 15 is 0 Å². The second kappa shape index (κ2) is 5.29. The molecule has 1 aliphatic rings. The number of rotatable bonds is 2. The molecular weight excluding hydrogens is 254 g/mol. The Morgan fingerprint density at radius 1 is 1.35 bits per heavy atom. The highest BCUT2D eigenvalue weighted by Crippen LogP contribution is 2.21. The number of aromatic hydroxyl groups is 1. The van der Waals surface area contributed by atoms with Crippen LogP contribution in [0.3, 0.4) is 0 Å². The summed E-state index contributed by atoms with van der Waals surface area (Å²) in [5.41, 5.74) is 1.20. The Bertz CT molecular complexity index is 677. The SMILES string of the molecule is C[C@@H]1CCCC[NH+]1Cc1cc(=O)oc2ccc(O)cc12. The minimum atomic E-state index is -0.317. The molecule has 0 aliphatic carbocycles. The first kappa shape index (κ1) is 13.2. The Balaban J connectivity index is 2.01. The molecule has 1 fully saturated rings. The lowest BCUT2D eigenvalue weighted by Gasteiger charge is -2.30. The van der Waals surface area contributed by atoms with Gasteiger partial charge in [-0.1, -0.05) is 0 Å². The summed E-state index contributed by atoms with van der Waals surface area (Å²) < 4.78 is 5.20. The predicted molar refractivity (Wildman–Crippen MR) is 77.0 cm³/mol. The predicted octanol–water partition coefficient (Wildman–Crippen LogP) is 1.46. The fourth-order valence-corrected chi connectivity index (χ4v) is 3.12. The molecule has 4 heteroatoms. The topological polar surface area (TPSA) is 54.9 Å². The van der Waals surface area contributed by atoms with Crippen LogP contribution < -0.4 is 10.5 Å². The maximum Gasteiger partial charge on any atom is 0.336 e. The third-order valence-corrected chi connectivity index (χ3v) is 4.31. The summed E-state index contributed by atoms with van der Waals surface area (Å²) in [6.07, 6.45) is 3.77. The van der Waals surface area contributed by atoms with Crippen molar-refractivity contribution in [2.24, 2.45) is 0 Å². The Kier molecular flexibility index (Phi) is 3.49. The zero-order chi connectivity index (χ0) is 14.1. The number of piperidine rings is 1. The number of likely N-dealkylation sites (tertiary alicyclic amines) is 1. The van der Waals surface area contributed by atoms with Gasteiger partial charge < -0.3 is 14.4 Å². The quantitative estimate of drug-likeness (QED) is 0.815. The van der Waals surface area contributed by atoms with Crippen LogP contribution in [0.5, 0.6) is 5.75 Å². The van der Waals surface area contributed by atoms with Crippen LogP contribution >= 0.6 is 0 Å². The third-order valence-electron chi connectivity index (χ3n) is 4.31. The maximum atomic E-state index is 11.7. The van der Waals surface area contributed by atoms with Crippen LogP contribution in [-0.2, 0) is 6.54 Å². The number of fused-ring (bicyclic) bond motifs is 1. The van der Waals surface area contributed by atoms with Gasteiger partial charge in [0, 0.05) is 17.0 Å². The molecule has 0 radical (unpaired) electrons. The van der Waals surface area contributed by atoms with Crippen molar-refractivity contribution in [2.75, 3.05) is 6.54 Å². The number of quaternary nitrogens is 1. The van der Waals surface area contributed by atoms with Gasteiger partial charge in [0.1, 0.15) is 17.9 Å². The molecule has 3 rings (SSSR count). The zero-order valence-corrected chi connectivity index (χ0v) is 11.7. The first-order valence-corrected chi connectivity index (χ1v) is 7.24. The van der Waals surface area contributed by atoms with Gasteiger partial charge >= 0.3 is 5.63 Å². The summed E-state index contributed by atoms with van der Waals surface area (Å²) in [4.78, 5) is 13.2. The van der Waals surface area contributed by atoms with E-state index in [-0.39, 0.29) is 11.4 Å². The Morgan fingerprint density at radius 2 is 2.20 bits per heavy atom. The van der Waals surface area contributed by atoms with Gasteiger partial charge in [-0.05, 0) is 44.4 Å². The van der Waals surface area contributed by atoms with Crippen molar-refractivity contribution in [3.05, 3.63) is 40.2 Å². The van der Waals surface area contributed by atoms with E-state index in [4.69, 9.17) is 4.42 Å². The van der Waals surface area contributed by atoms with E-state index in [0.717, 1.165) is 24.0 Å². The van der Waals surface area contributed by atoms with Crippen LogP contribution in [0.4, 0.5) is 0 Å². The Morgan fingerprint density at radius 3 is 3.00 bits per heavy atom. The second-order valence-electron chi connectivity index (χ2n) is 5.75. The molecule has 0 amide bonds. The van der Waals surface area contributed by atoms with Gasteiger partial charge in [0.05, 0.1) is 12.6 Å². The van der Waals surface area contributed by atoms with E-state index in [1.54, 1.807) is 24.3 Å². The van der Waals surface area contributed by atoms with Crippen LogP contribution in [0.25, 0.3) is 11.0 Å². The standard InChI is InChI=1S/C16H19NO3/c1-11-4-2-3-7-17(11)10-12-8-16(19)20-15-6-5-13(18)9-14(12)15/h5-6,8-9,11,18H,2-4,7,10H2,1H3/p+1/t11-/m1/s1. The van der Waals surface area contributed by atoms with E-state index < -0.39 is 0 Å². The van der Waals surface area contributed by atoms with Crippen molar-refractivity contribution in [2.45, 2.75) is 38.8 Å². The number of hydrogen-bond donors (Lipinski definition) is 2. The van der Waals surface area contributed by atoms with E-state index in [1.165, 1.54) is 24.2 Å². The molecule has 2 heterocycles. The van der Waals surface area contributed by atoms with Gasteiger partial charge in [-0.15, -0.1) is 0 Å². The number of benzene rings is 1. The van der Waals surface area contributed by atoms with Gasteiger partial charge in [0.2, 0.25) is 0 Å². The van der Waals surface area contributed by atoms with E-state index in [0.29, 0.717) is 11.6 Å². The fraction of sp³-hybridized carbons (Fsp3) is 0.438. The van der Waals surface area contributed by atoms with Crippen molar-refractivity contribution in [3.63, 3.8) is 0 Å². The highest BCUT2D eigenvalue weighted by Gasteiger charge is 2.23. The van der Waals surface area contributed by atoms with Gasteiger partial charge in [-0.2, -0.15) is 0 Å². The summed E-state index contributed by atoms with van der Waals surface area (Å²) in [5.74, 6) is 0.203. The lowest BCUT2D eigenvalue weighted by molar-refractivity contribution is -0.941. The molecule has 20 heavy (non-hydrogen) atoms. The van der Waals surface area contributed by atoms with Crippen molar-refractivity contribution < 1.29 is 14.4 Å². The minimum Gasteiger partial charge on any atom is -0.508 e. The molecule has 2 atom stereocenters. The normalized spacial score (nSPS) is 23.1. The van der Waals surface area contributed by atoms with E-state index in [9.17, 15) is 9.90 Å². The number of hydrogen-bond acceptors (Lipinski definition) is 3. The zero-order valence-electron chi connectivity index (χ0n) is 11.7. The summed E-state index contributed by atoms with van der Waals surface area (Å²) in [6, 6.07) is 7.07. The van der Waals surface area contributed by atoms with Crippen molar-refractivity contribution in [1.29, 1.82) is 0 Å². The molecule has 2 aromatic rings. The van der Waals surface area contributed by atoms with Crippen molar-refractivity contribution in [3.8, 4) is 5.75 Å². The summed E-state index contributed by atoms with van der Waals surface area (Å²) in [5, 5.41) is 10.5. The van der Waals surface area contributed by atoms with Crippen LogP contribution in [0.15, 0.2) is 33.5 Å². The molecule has 1 aromatic carbocycles. The molecule has 0 saturated carbocycles. The van der Waals surface area contributed by atoms with Gasteiger partial charge in [0.15, 0.2) is 0 Å². The van der Waals surface area contributed by atoms with Gasteiger partial charge in [-0.25, -0.2) is 4.79 Å². The van der Waals surface area contributed by atoms with Crippen LogP contribution in [-0.4, -0.2) is 17.7 Å². The summed E-state index contributed by atoms with van der Waals surface area (Å²) in [6.45, 7) is 4.22. The monoisotopic (exact) mass is 274 g/mol. The Hall–Kier alpha value is -1.81.